The van der Waals surface area contributed by atoms with Crippen molar-refractivity contribution in [1.29, 1.82) is 0 Å². The first kappa shape index (κ1) is 11.0. The van der Waals surface area contributed by atoms with Crippen LogP contribution >= 0.6 is 0 Å². The molecule has 2 rings (SSSR count). The second-order valence-corrected chi connectivity index (χ2v) is 4.77. The molecular weight excluding hydrogens is 199 g/mol. The molecule has 5 heteroatoms. The standard InChI is InChI=1S/C10H17FN2O2/c1-15-9-5-13(4-8(9)11)7-10(2-3-10)6-12-14/h8-9H,2-7H2,1H3. The number of halogens is 1. The Morgan fingerprint density at radius 2 is 2.27 bits per heavy atom. The van der Waals surface area contributed by atoms with E-state index in [1.54, 1.807) is 7.11 Å². The fourth-order valence-corrected chi connectivity index (χ4v) is 2.31. The molecule has 1 saturated carbocycles. The number of hydrogen-bond donors (Lipinski definition) is 0. The van der Waals surface area contributed by atoms with Gasteiger partial charge in [0, 0.05) is 32.2 Å². The molecule has 4 nitrogen and oxygen atoms in total. The van der Waals surface area contributed by atoms with Gasteiger partial charge in [-0.15, -0.1) is 0 Å². The van der Waals surface area contributed by atoms with Crippen molar-refractivity contribution in [2.24, 2.45) is 10.6 Å². The maximum absolute atomic E-state index is 13.4. The van der Waals surface area contributed by atoms with Gasteiger partial charge in [-0.1, -0.05) is 5.18 Å². The summed E-state index contributed by atoms with van der Waals surface area (Å²) >= 11 is 0. The molecule has 0 spiro atoms. The third-order valence-corrected chi connectivity index (χ3v) is 3.49. The van der Waals surface area contributed by atoms with E-state index in [1.165, 1.54) is 0 Å². The molecular formula is C10H17FN2O2. The summed E-state index contributed by atoms with van der Waals surface area (Å²) in [4.78, 5) is 12.3. The fourth-order valence-electron chi connectivity index (χ4n) is 2.31. The van der Waals surface area contributed by atoms with E-state index < -0.39 is 6.17 Å². The summed E-state index contributed by atoms with van der Waals surface area (Å²) in [6.07, 6.45) is 0.896. The van der Waals surface area contributed by atoms with Crippen LogP contribution in [0.25, 0.3) is 0 Å². The Kier molecular flexibility index (Phi) is 3.02. The average Bonchev–Trinajstić information content (AvgIpc) is 2.84. The molecule has 1 aliphatic heterocycles. The molecule has 0 aromatic heterocycles. The van der Waals surface area contributed by atoms with E-state index in [0.717, 1.165) is 19.4 Å². The molecule has 0 aromatic rings. The minimum Gasteiger partial charge on any atom is -0.377 e. The van der Waals surface area contributed by atoms with Crippen molar-refractivity contribution in [1.82, 2.24) is 4.90 Å². The predicted molar refractivity (Wildman–Crippen MR) is 54.5 cm³/mol. The van der Waals surface area contributed by atoms with E-state index in [-0.39, 0.29) is 11.5 Å². The molecule has 0 radical (unpaired) electrons. The molecule has 0 bridgehead atoms. The van der Waals surface area contributed by atoms with Gasteiger partial charge in [0.1, 0.15) is 12.3 Å². The average molecular weight is 216 g/mol. The SMILES string of the molecule is COC1CN(CC2(CN=O)CC2)CC1F. The maximum Gasteiger partial charge on any atom is 0.140 e. The van der Waals surface area contributed by atoms with Crippen molar-refractivity contribution < 1.29 is 9.13 Å². The van der Waals surface area contributed by atoms with Crippen molar-refractivity contribution in [2.45, 2.75) is 25.1 Å². The summed E-state index contributed by atoms with van der Waals surface area (Å²) in [5.41, 5.74) is 0.0596. The Morgan fingerprint density at radius 1 is 1.53 bits per heavy atom. The zero-order chi connectivity index (χ0) is 10.9. The van der Waals surface area contributed by atoms with Crippen molar-refractivity contribution in [2.75, 3.05) is 33.3 Å². The Labute approximate surface area is 88.7 Å². The van der Waals surface area contributed by atoms with Crippen molar-refractivity contribution >= 4 is 0 Å². The van der Waals surface area contributed by atoms with E-state index >= 15 is 0 Å². The number of methoxy groups -OCH3 is 1. The normalized spacial score (nSPS) is 34.3. The third-order valence-electron chi connectivity index (χ3n) is 3.49. The van der Waals surface area contributed by atoms with Crippen LogP contribution in [-0.4, -0.2) is 50.5 Å². The minimum absolute atomic E-state index is 0.0596. The molecule has 2 fully saturated rings. The highest BCUT2D eigenvalue weighted by Crippen LogP contribution is 2.47. The van der Waals surface area contributed by atoms with E-state index in [2.05, 4.69) is 10.1 Å². The van der Waals surface area contributed by atoms with Crippen LogP contribution in [0.5, 0.6) is 0 Å². The number of hydrogen-bond acceptors (Lipinski definition) is 4. The molecule has 15 heavy (non-hydrogen) atoms. The predicted octanol–water partition coefficient (Wildman–Crippen LogP) is 1.20. The van der Waals surface area contributed by atoms with Crippen LogP contribution in [0.3, 0.4) is 0 Å². The van der Waals surface area contributed by atoms with Crippen LogP contribution < -0.4 is 0 Å². The topological polar surface area (TPSA) is 41.9 Å². The number of nitrogens with zero attached hydrogens (tertiary/aromatic N) is 2. The van der Waals surface area contributed by atoms with E-state index in [9.17, 15) is 9.30 Å². The highest BCUT2D eigenvalue weighted by Gasteiger charge is 2.46. The Balaban J connectivity index is 1.84. The van der Waals surface area contributed by atoms with Crippen molar-refractivity contribution in [3.63, 3.8) is 0 Å². The first-order valence-electron chi connectivity index (χ1n) is 5.37. The first-order valence-corrected chi connectivity index (χ1v) is 5.37. The van der Waals surface area contributed by atoms with Gasteiger partial charge in [0.05, 0.1) is 6.54 Å². The van der Waals surface area contributed by atoms with Crippen LogP contribution in [-0.2, 0) is 4.74 Å². The van der Waals surface area contributed by atoms with Gasteiger partial charge in [0.15, 0.2) is 0 Å². The summed E-state index contributed by atoms with van der Waals surface area (Å²) in [7, 11) is 1.54. The third kappa shape index (κ3) is 2.34. The van der Waals surface area contributed by atoms with E-state index in [1.807, 2.05) is 0 Å². The zero-order valence-corrected chi connectivity index (χ0v) is 8.99. The lowest BCUT2D eigenvalue weighted by molar-refractivity contribution is 0.0618. The van der Waals surface area contributed by atoms with Gasteiger partial charge in [-0.3, -0.25) is 4.90 Å². The molecule has 2 atom stereocenters. The second-order valence-electron chi connectivity index (χ2n) is 4.77. The molecule has 1 aliphatic carbocycles. The van der Waals surface area contributed by atoms with Crippen LogP contribution in [0.4, 0.5) is 4.39 Å². The van der Waals surface area contributed by atoms with Crippen LogP contribution in [0.1, 0.15) is 12.8 Å². The van der Waals surface area contributed by atoms with Gasteiger partial charge in [0.2, 0.25) is 0 Å². The maximum atomic E-state index is 13.4. The number of ether oxygens (including phenoxy) is 1. The highest BCUT2D eigenvalue weighted by atomic mass is 19.1. The van der Waals surface area contributed by atoms with Gasteiger partial charge in [-0.2, -0.15) is 4.91 Å². The number of likely N-dealkylation sites (tertiary alicyclic amines) is 1. The van der Waals surface area contributed by atoms with Crippen LogP contribution in [0.15, 0.2) is 5.18 Å². The summed E-state index contributed by atoms with van der Waals surface area (Å²) in [6.45, 7) is 2.23. The fraction of sp³-hybridized carbons (Fsp3) is 1.00. The number of rotatable bonds is 5. The Hall–Kier alpha value is -0.550. The van der Waals surface area contributed by atoms with Gasteiger partial charge in [-0.25, -0.2) is 4.39 Å². The Morgan fingerprint density at radius 3 is 2.73 bits per heavy atom. The second kappa shape index (κ2) is 4.14. The zero-order valence-electron chi connectivity index (χ0n) is 8.99. The van der Waals surface area contributed by atoms with Crippen LogP contribution in [0.2, 0.25) is 0 Å². The van der Waals surface area contributed by atoms with Gasteiger partial charge >= 0.3 is 0 Å². The smallest absolute Gasteiger partial charge is 0.140 e. The van der Waals surface area contributed by atoms with Gasteiger partial charge in [0.25, 0.3) is 0 Å². The van der Waals surface area contributed by atoms with Crippen molar-refractivity contribution in [3.05, 3.63) is 4.91 Å². The minimum atomic E-state index is -0.894. The molecule has 0 N–H and O–H groups in total. The summed E-state index contributed by atoms with van der Waals surface area (Å²) in [5, 5.41) is 2.97. The first-order chi connectivity index (χ1) is 7.19. The lowest BCUT2D eigenvalue weighted by Crippen LogP contribution is -2.31. The molecule has 2 aliphatic rings. The van der Waals surface area contributed by atoms with Crippen LogP contribution in [0, 0.1) is 10.3 Å². The largest absolute Gasteiger partial charge is 0.377 e. The lowest BCUT2D eigenvalue weighted by Gasteiger charge is -2.20. The monoisotopic (exact) mass is 216 g/mol. The Bertz CT molecular complexity index is 246. The molecule has 1 heterocycles. The highest BCUT2D eigenvalue weighted by molar-refractivity contribution is 4.99. The van der Waals surface area contributed by atoms with Gasteiger partial charge in [-0.05, 0) is 12.8 Å². The van der Waals surface area contributed by atoms with Crippen molar-refractivity contribution in [3.8, 4) is 0 Å². The lowest BCUT2D eigenvalue weighted by atomic mass is 10.1. The number of alkyl halides is 1. The summed E-state index contributed by atoms with van der Waals surface area (Å²) in [6, 6.07) is 0. The molecule has 1 saturated heterocycles. The van der Waals surface area contributed by atoms with E-state index in [4.69, 9.17) is 4.74 Å². The molecule has 86 valence electrons. The quantitative estimate of drug-likeness (QED) is 0.648. The molecule has 2 unspecified atom stereocenters. The van der Waals surface area contributed by atoms with E-state index in [0.29, 0.717) is 19.6 Å². The molecule has 0 aromatic carbocycles. The summed E-state index contributed by atoms with van der Waals surface area (Å²) < 4.78 is 18.4. The molecule has 0 amide bonds. The van der Waals surface area contributed by atoms with Gasteiger partial charge < -0.3 is 4.74 Å². The number of nitroso groups, excluding NO2 is 1. The summed E-state index contributed by atoms with van der Waals surface area (Å²) in [5.74, 6) is 0.